The summed E-state index contributed by atoms with van der Waals surface area (Å²) in [6, 6.07) is 4.41. The minimum absolute atomic E-state index is 0.381. The fourth-order valence-electron chi connectivity index (χ4n) is 3.60. The van der Waals surface area contributed by atoms with Gasteiger partial charge < -0.3 is 0 Å². The Kier molecular flexibility index (Phi) is 2.57. The molecule has 0 unspecified atom stereocenters. The van der Waals surface area contributed by atoms with Gasteiger partial charge in [0.2, 0.25) is 0 Å². The van der Waals surface area contributed by atoms with Crippen LogP contribution in [-0.4, -0.2) is 5.78 Å². The van der Waals surface area contributed by atoms with Crippen LogP contribution >= 0.6 is 0 Å². The fourth-order valence-corrected chi connectivity index (χ4v) is 3.60. The lowest BCUT2D eigenvalue weighted by Crippen LogP contribution is -2.28. The molecule has 1 aromatic carbocycles. The predicted octanol–water partition coefficient (Wildman–Crippen LogP) is 4.16. The molecule has 1 heteroatoms. The first kappa shape index (κ1) is 11.0. The van der Waals surface area contributed by atoms with E-state index in [1.807, 2.05) is 0 Å². The molecule has 0 amide bonds. The van der Waals surface area contributed by atoms with Gasteiger partial charge in [0.25, 0.3) is 0 Å². The molecule has 17 heavy (non-hydrogen) atoms. The van der Waals surface area contributed by atoms with Crippen molar-refractivity contribution in [2.75, 3.05) is 0 Å². The summed E-state index contributed by atoms with van der Waals surface area (Å²) in [7, 11) is 0. The minimum atomic E-state index is 0.381. The number of carbonyl (C=O) groups is 1. The van der Waals surface area contributed by atoms with Crippen molar-refractivity contribution >= 4 is 5.78 Å². The van der Waals surface area contributed by atoms with E-state index in [4.69, 9.17) is 0 Å². The number of Topliss-reactive ketones (excluding diaryl/α,β-unsaturated/α-hetero) is 1. The smallest absolute Gasteiger partial charge is 0.163 e. The van der Waals surface area contributed by atoms with E-state index in [9.17, 15) is 4.79 Å². The molecular formula is C16H20O. The van der Waals surface area contributed by atoms with E-state index < -0.39 is 0 Å². The maximum absolute atomic E-state index is 12.2. The Balaban J connectivity index is 2.12. The van der Waals surface area contributed by atoms with Crippen LogP contribution < -0.4 is 0 Å². The number of fused-ring (bicyclic) bond motifs is 3. The summed E-state index contributed by atoms with van der Waals surface area (Å²) in [5.41, 5.74) is 4.97. The molecule has 0 aromatic heterocycles. The van der Waals surface area contributed by atoms with Gasteiger partial charge in [0.15, 0.2) is 5.78 Å². The monoisotopic (exact) mass is 228 g/mol. The Bertz CT molecular complexity index is 473. The minimum Gasteiger partial charge on any atom is -0.294 e. The lowest BCUT2D eigenvalue weighted by molar-refractivity contribution is 0.0919. The SMILES string of the molecule is Cc1cc2c(cc1C)[C@H]1CCCC[C@H]1CC2=O. The van der Waals surface area contributed by atoms with Gasteiger partial charge in [0.1, 0.15) is 0 Å². The molecule has 0 heterocycles. The van der Waals surface area contributed by atoms with Crippen molar-refractivity contribution in [2.24, 2.45) is 5.92 Å². The third-order valence-electron chi connectivity index (χ3n) is 4.72. The number of aryl methyl sites for hydroxylation is 2. The zero-order chi connectivity index (χ0) is 12.0. The number of benzene rings is 1. The molecule has 0 spiro atoms. The summed E-state index contributed by atoms with van der Waals surface area (Å²) in [4.78, 5) is 12.2. The second kappa shape index (κ2) is 3.97. The van der Waals surface area contributed by atoms with Crippen LogP contribution in [0.3, 0.4) is 0 Å². The average Bonchev–Trinajstić information content (AvgIpc) is 2.32. The normalized spacial score (nSPS) is 27.5. The maximum Gasteiger partial charge on any atom is 0.163 e. The number of carbonyl (C=O) groups excluding carboxylic acids is 1. The van der Waals surface area contributed by atoms with Gasteiger partial charge in [-0.1, -0.05) is 18.9 Å². The second-order valence-electron chi connectivity index (χ2n) is 5.80. The van der Waals surface area contributed by atoms with Crippen molar-refractivity contribution in [3.05, 3.63) is 34.4 Å². The summed E-state index contributed by atoms with van der Waals surface area (Å²) in [5.74, 6) is 1.67. The highest BCUT2D eigenvalue weighted by atomic mass is 16.1. The third-order valence-corrected chi connectivity index (χ3v) is 4.72. The molecule has 2 aliphatic carbocycles. The Labute approximate surface area is 103 Å². The molecule has 0 N–H and O–H groups in total. The first-order valence-electron chi connectivity index (χ1n) is 6.81. The van der Waals surface area contributed by atoms with Crippen LogP contribution in [0.2, 0.25) is 0 Å². The lowest BCUT2D eigenvalue weighted by Gasteiger charge is -2.36. The summed E-state index contributed by atoms with van der Waals surface area (Å²) < 4.78 is 0. The highest BCUT2D eigenvalue weighted by Gasteiger charge is 2.35. The Morgan fingerprint density at radius 2 is 1.76 bits per heavy atom. The standard InChI is InChI=1S/C16H20O/c1-10-7-14-13-6-4-3-5-12(13)9-16(17)15(14)8-11(10)2/h7-8,12-13H,3-6,9H2,1-2H3/t12-,13-/m0/s1. The van der Waals surface area contributed by atoms with Crippen LogP contribution in [0.15, 0.2) is 12.1 Å². The van der Waals surface area contributed by atoms with E-state index in [-0.39, 0.29) is 0 Å². The van der Waals surface area contributed by atoms with Crippen LogP contribution in [-0.2, 0) is 0 Å². The Hall–Kier alpha value is -1.11. The largest absolute Gasteiger partial charge is 0.294 e. The molecular weight excluding hydrogens is 208 g/mol. The first-order chi connectivity index (χ1) is 8.16. The highest BCUT2D eigenvalue weighted by Crippen LogP contribution is 2.45. The number of hydrogen-bond donors (Lipinski definition) is 0. The molecule has 2 aliphatic rings. The Morgan fingerprint density at radius 1 is 1.06 bits per heavy atom. The second-order valence-corrected chi connectivity index (χ2v) is 5.80. The molecule has 90 valence electrons. The molecule has 0 radical (unpaired) electrons. The van der Waals surface area contributed by atoms with Gasteiger partial charge in [0.05, 0.1) is 0 Å². The van der Waals surface area contributed by atoms with E-state index >= 15 is 0 Å². The summed E-state index contributed by atoms with van der Waals surface area (Å²) in [6.07, 6.45) is 5.98. The zero-order valence-corrected chi connectivity index (χ0v) is 10.8. The third kappa shape index (κ3) is 1.72. The van der Waals surface area contributed by atoms with Crippen molar-refractivity contribution in [1.29, 1.82) is 0 Å². The van der Waals surface area contributed by atoms with Crippen LogP contribution in [0, 0.1) is 19.8 Å². The van der Waals surface area contributed by atoms with Crippen LogP contribution in [0.25, 0.3) is 0 Å². The number of rotatable bonds is 0. The number of ketones is 1. The van der Waals surface area contributed by atoms with Crippen LogP contribution in [0.1, 0.15) is 65.1 Å². The topological polar surface area (TPSA) is 17.1 Å². The van der Waals surface area contributed by atoms with Crippen molar-refractivity contribution in [1.82, 2.24) is 0 Å². The molecule has 1 fully saturated rings. The van der Waals surface area contributed by atoms with E-state index in [0.717, 1.165) is 12.0 Å². The van der Waals surface area contributed by atoms with Gasteiger partial charge >= 0.3 is 0 Å². The maximum atomic E-state index is 12.2. The number of hydrogen-bond acceptors (Lipinski definition) is 1. The molecule has 2 atom stereocenters. The van der Waals surface area contributed by atoms with E-state index in [1.165, 1.54) is 42.4 Å². The molecule has 0 aliphatic heterocycles. The van der Waals surface area contributed by atoms with E-state index in [1.54, 1.807) is 0 Å². The summed E-state index contributed by atoms with van der Waals surface area (Å²) >= 11 is 0. The van der Waals surface area contributed by atoms with Gasteiger partial charge in [-0.2, -0.15) is 0 Å². The molecule has 1 saturated carbocycles. The lowest BCUT2D eigenvalue weighted by atomic mass is 9.67. The van der Waals surface area contributed by atoms with Crippen LogP contribution in [0.5, 0.6) is 0 Å². The quantitative estimate of drug-likeness (QED) is 0.651. The molecule has 0 bridgehead atoms. The molecule has 1 aromatic rings. The average molecular weight is 228 g/mol. The van der Waals surface area contributed by atoms with Gasteiger partial charge in [-0.15, -0.1) is 0 Å². The summed E-state index contributed by atoms with van der Waals surface area (Å²) in [5, 5.41) is 0. The van der Waals surface area contributed by atoms with Crippen molar-refractivity contribution in [2.45, 2.75) is 51.9 Å². The van der Waals surface area contributed by atoms with E-state index in [0.29, 0.717) is 17.6 Å². The van der Waals surface area contributed by atoms with Gasteiger partial charge in [-0.3, -0.25) is 4.79 Å². The van der Waals surface area contributed by atoms with E-state index in [2.05, 4.69) is 26.0 Å². The predicted molar refractivity (Wildman–Crippen MR) is 69.6 cm³/mol. The van der Waals surface area contributed by atoms with Crippen LogP contribution in [0.4, 0.5) is 0 Å². The molecule has 0 saturated heterocycles. The van der Waals surface area contributed by atoms with Gasteiger partial charge in [-0.25, -0.2) is 0 Å². The summed E-state index contributed by atoms with van der Waals surface area (Å²) in [6.45, 7) is 4.27. The zero-order valence-electron chi connectivity index (χ0n) is 10.8. The van der Waals surface area contributed by atoms with Gasteiger partial charge in [-0.05, 0) is 61.3 Å². The first-order valence-corrected chi connectivity index (χ1v) is 6.81. The van der Waals surface area contributed by atoms with Crippen molar-refractivity contribution in [3.63, 3.8) is 0 Å². The molecule has 3 rings (SSSR count). The van der Waals surface area contributed by atoms with Gasteiger partial charge in [0, 0.05) is 12.0 Å². The van der Waals surface area contributed by atoms with Crippen molar-refractivity contribution in [3.8, 4) is 0 Å². The molecule has 1 nitrogen and oxygen atoms in total. The highest BCUT2D eigenvalue weighted by molar-refractivity contribution is 5.99. The van der Waals surface area contributed by atoms with Crippen molar-refractivity contribution < 1.29 is 4.79 Å². The fraction of sp³-hybridized carbons (Fsp3) is 0.562. The Morgan fingerprint density at radius 3 is 2.59 bits per heavy atom.